The number of pyridine rings is 1. The van der Waals surface area contributed by atoms with Crippen molar-refractivity contribution in [3.63, 3.8) is 0 Å². The summed E-state index contributed by atoms with van der Waals surface area (Å²) in [5.41, 5.74) is 17.6. The van der Waals surface area contributed by atoms with Crippen molar-refractivity contribution in [2.75, 3.05) is 23.9 Å². The highest BCUT2D eigenvalue weighted by atomic mass is 32.1. The average Bonchev–Trinajstić information content (AvgIpc) is 3.58. The zero-order valence-corrected chi connectivity index (χ0v) is 21.6. The second-order valence-electron chi connectivity index (χ2n) is 8.73. The molecule has 0 atom stereocenters. The number of benzene rings is 3. The number of fused-ring (bicyclic) bond motifs is 1. The minimum Gasteiger partial charge on any atom is -0.497 e. The molecular formula is C29H23N6O3S+. The van der Waals surface area contributed by atoms with Crippen molar-refractivity contribution in [2.45, 2.75) is 0 Å². The summed E-state index contributed by atoms with van der Waals surface area (Å²) < 4.78 is 12.3. The standard InChI is InChI=1S/C29H22N6O3S/c1-37-21-9-5-6-18(14-21)22-15-23(17-10-12-19(30)13-11-17)32-29-25(22)26(31)27(39-29)28(36)33-24-16-35(34-38-24)20-7-3-2-4-8-20/h2-16H,1H3,(H4-,30,31,32,33,34,36)/p+1. The van der Waals surface area contributed by atoms with Gasteiger partial charge in [-0.15, -0.1) is 11.3 Å². The van der Waals surface area contributed by atoms with E-state index >= 15 is 0 Å². The first-order chi connectivity index (χ1) is 19.0. The van der Waals surface area contributed by atoms with Gasteiger partial charge >= 0.3 is 5.88 Å². The number of carbonyl (C=O) groups excluding carboxylic acids is 1. The molecule has 0 radical (unpaired) electrons. The van der Waals surface area contributed by atoms with Gasteiger partial charge in [-0.25, -0.2) is 4.98 Å². The second kappa shape index (κ2) is 9.92. The third kappa shape index (κ3) is 4.64. The quantitative estimate of drug-likeness (QED) is 0.194. The number of nitrogens with zero attached hydrogens (tertiary/aromatic N) is 3. The number of amides is 1. The van der Waals surface area contributed by atoms with Gasteiger partial charge in [-0.05, 0) is 46.1 Å². The van der Waals surface area contributed by atoms with Crippen LogP contribution in [0, 0.1) is 0 Å². The number of carbonyl (C=O) groups is 1. The third-order valence-electron chi connectivity index (χ3n) is 6.22. The molecule has 6 rings (SSSR count). The van der Waals surface area contributed by atoms with Crippen LogP contribution in [0.4, 0.5) is 17.3 Å². The van der Waals surface area contributed by atoms with Gasteiger partial charge in [-0.3, -0.25) is 14.6 Å². The SMILES string of the molecule is COc1cccc(-c2cc(-c3ccc(N)cc3)nc3sc(C(=O)Nc4c[n+](-c5ccccc5)no4)c(N)c23)c1. The number of nitrogens with two attached hydrogens (primary N) is 2. The van der Waals surface area contributed by atoms with Gasteiger partial charge in [0.2, 0.25) is 11.0 Å². The van der Waals surface area contributed by atoms with Gasteiger partial charge < -0.3 is 16.2 Å². The zero-order valence-electron chi connectivity index (χ0n) is 20.8. The van der Waals surface area contributed by atoms with Crippen LogP contribution in [0.25, 0.3) is 38.3 Å². The van der Waals surface area contributed by atoms with Gasteiger partial charge in [0.05, 0.1) is 18.5 Å². The molecule has 6 aromatic rings. The molecule has 39 heavy (non-hydrogen) atoms. The van der Waals surface area contributed by atoms with E-state index < -0.39 is 5.91 Å². The lowest BCUT2D eigenvalue weighted by molar-refractivity contribution is -0.670. The molecule has 1 amide bonds. The summed E-state index contributed by atoms with van der Waals surface area (Å²) in [6.45, 7) is 0. The highest BCUT2D eigenvalue weighted by molar-refractivity contribution is 7.21. The Hall–Kier alpha value is -5.22. The van der Waals surface area contributed by atoms with Gasteiger partial charge in [-0.1, -0.05) is 42.5 Å². The van der Waals surface area contributed by atoms with E-state index in [1.807, 2.05) is 84.9 Å². The molecule has 3 aromatic carbocycles. The molecule has 0 saturated carbocycles. The van der Waals surface area contributed by atoms with Crippen molar-refractivity contribution in [3.8, 4) is 33.8 Å². The summed E-state index contributed by atoms with van der Waals surface area (Å²) in [4.78, 5) is 19.2. The lowest BCUT2D eigenvalue weighted by atomic mass is 9.99. The topological polar surface area (TPSA) is 133 Å². The lowest BCUT2D eigenvalue weighted by Crippen LogP contribution is -2.31. The number of nitrogen functional groups attached to an aromatic ring is 2. The Balaban J connectivity index is 1.43. The Morgan fingerprint density at radius 3 is 2.54 bits per heavy atom. The minimum atomic E-state index is -0.419. The highest BCUT2D eigenvalue weighted by Gasteiger charge is 2.24. The fourth-order valence-corrected chi connectivity index (χ4v) is 5.30. The van der Waals surface area contributed by atoms with Gasteiger partial charge in [0.15, 0.2) is 0 Å². The summed E-state index contributed by atoms with van der Waals surface area (Å²) in [7, 11) is 1.62. The van der Waals surface area contributed by atoms with Crippen molar-refractivity contribution >= 4 is 44.7 Å². The molecule has 5 N–H and O–H groups in total. The van der Waals surface area contributed by atoms with Crippen LogP contribution in [-0.2, 0) is 0 Å². The first-order valence-electron chi connectivity index (χ1n) is 12.0. The molecule has 0 spiro atoms. The number of hydrogen-bond acceptors (Lipinski definition) is 8. The molecule has 0 fully saturated rings. The number of methoxy groups -OCH3 is 1. The van der Waals surface area contributed by atoms with Gasteiger partial charge in [0.25, 0.3) is 12.1 Å². The molecule has 192 valence electrons. The fourth-order valence-electron chi connectivity index (χ4n) is 4.28. The maximum absolute atomic E-state index is 13.4. The molecule has 3 aromatic heterocycles. The smallest absolute Gasteiger partial charge is 0.303 e. The molecule has 0 aliphatic rings. The second-order valence-corrected chi connectivity index (χ2v) is 9.73. The number of nitrogens with one attached hydrogen (secondary N) is 1. The van der Waals surface area contributed by atoms with Crippen molar-refractivity contribution in [1.82, 2.24) is 10.3 Å². The number of anilines is 3. The van der Waals surface area contributed by atoms with Crippen molar-refractivity contribution in [1.29, 1.82) is 0 Å². The third-order valence-corrected chi connectivity index (χ3v) is 7.31. The average molecular weight is 536 g/mol. The van der Waals surface area contributed by atoms with Gasteiger partial charge in [-0.2, -0.15) is 0 Å². The Labute approximate surface area is 227 Å². The number of hydrogen-bond donors (Lipinski definition) is 3. The van der Waals surface area contributed by atoms with Crippen LogP contribution in [0.1, 0.15) is 9.67 Å². The number of rotatable bonds is 6. The van der Waals surface area contributed by atoms with E-state index in [2.05, 4.69) is 10.6 Å². The Morgan fingerprint density at radius 1 is 0.974 bits per heavy atom. The summed E-state index contributed by atoms with van der Waals surface area (Å²) in [5, 5.41) is 7.44. The van der Waals surface area contributed by atoms with Crippen LogP contribution >= 0.6 is 11.3 Å². The normalized spacial score (nSPS) is 11.0. The van der Waals surface area contributed by atoms with Crippen LogP contribution in [0.2, 0.25) is 0 Å². The molecule has 0 unspecified atom stereocenters. The number of para-hydroxylation sites is 1. The van der Waals surface area contributed by atoms with E-state index in [-0.39, 0.29) is 5.88 Å². The molecule has 0 aliphatic carbocycles. The van der Waals surface area contributed by atoms with Crippen LogP contribution in [0.15, 0.2) is 95.6 Å². The number of aromatic nitrogens is 3. The number of thiophene rings is 1. The zero-order chi connectivity index (χ0) is 26.9. The van der Waals surface area contributed by atoms with Crippen LogP contribution in [-0.4, -0.2) is 23.3 Å². The molecule has 3 heterocycles. The number of ether oxygens (including phenoxy) is 1. The summed E-state index contributed by atoms with van der Waals surface area (Å²) in [5.74, 6) is 0.469. The summed E-state index contributed by atoms with van der Waals surface area (Å²) >= 11 is 1.21. The van der Waals surface area contributed by atoms with Crippen LogP contribution in [0.5, 0.6) is 5.75 Å². The summed E-state index contributed by atoms with van der Waals surface area (Å²) in [6.07, 6.45) is 1.59. The predicted octanol–water partition coefficient (Wildman–Crippen LogP) is 5.32. The van der Waals surface area contributed by atoms with Crippen LogP contribution < -0.4 is 26.2 Å². The van der Waals surface area contributed by atoms with E-state index in [4.69, 9.17) is 25.7 Å². The largest absolute Gasteiger partial charge is 0.497 e. The molecule has 9 nitrogen and oxygen atoms in total. The maximum atomic E-state index is 13.4. The summed E-state index contributed by atoms with van der Waals surface area (Å²) in [6, 6.07) is 26.6. The highest BCUT2D eigenvalue weighted by Crippen LogP contribution is 2.42. The lowest BCUT2D eigenvalue weighted by Gasteiger charge is -2.10. The van der Waals surface area contributed by atoms with E-state index in [0.29, 0.717) is 32.2 Å². The van der Waals surface area contributed by atoms with Crippen molar-refractivity contribution in [2.24, 2.45) is 0 Å². The van der Waals surface area contributed by atoms with Crippen molar-refractivity contribution < 1.29 is 18.7 Å². The van der Waals surface area contributed by atoms with E-state index in [1.165, 1.54) is 16.0 Å². The first kappa shape index (κ1) is 24.1. The van der Waals surface area contributed by atoms with E-state index in [9.17, 15) is 4.79 Å². The van der Waals surface area contributed by atoms with E-state index in [0.717, 1.165) is 28.1 Å². The van der Waals surface area contributed by atoms with Crippen molar-refractivity contribution in [3.05, 3.63) is 96.0 Å². The van der Waals surface area contributed by atoms with Crippen LogP contribution in [0.3, 0.4) is 0 Å². The minimum absolute atomic E-state index is 0.184. The fraction of sp³-hybridized carbons (Fsp3) is 0.0345. The Morgan fingerprint density at radius 2 is 1.77 bits per heavy atom. The maximum Gasteiger partial charge on any atom is 0.303 e. The Kier molecular flexibility index (Phi) is 6.14. The monoisotopic (exact) mass is 535 g/mol. The van der Waals surface area contributed by atoms with Gasteiger partial charge in [0.1, 0.15) is 15.5 Å². The predicted molar refractivity (Wildman–Crippen MR) is 152 cm³/mol. The molecule has 0 bridgehead atoms. The molecule has 0 saturated heterocycles. The Bertz CT molecular complexity index is 1810. The molecular weight excluding hydrogens is 512 g/mol. The molecule has 10 heteroatoms. The molecule has 0 aliphatic heterocycles. The first-order valence-corrected chi connectivity index (χ1v) is 12.8. The van der Waals surface area contributed by atoms with E-state index in [1.54, 1.807) is 13.3 Å². The van der Waals surface area contributed by atoms with Gasteiger partial charge in [0, 0.05) is 28.8 Å².